The molecule has 162 valence electrons. The zero-order valence-corrected chi connectivity index (χ0v) is 19.9. The van der Waals surface area contributed by atoms with E-state index in [0.717, 1.165) is 16.6 Å². The highest BCUT2D eigenvalue weighted by atomic mass is 35.5. The molecule has 0 spiro atoms. The molecule has 1 atom stereocenters. The number of methoxy groups -OCH3 is 1. The average molecular weight is 426 g/mol. The van der Waals surface area contributed by atoms with E-state index in [-0.39, 0.29) is 0 Å². The predicted molar refractivity (Wildman–Crippen MR) is 116 cm³/mol. The Morgan fingerprint density at radius 1 is 1.21 bits per heavy atom. The Morgan fingerprint density at radius 2 is 1.72 bits per heavy atom. The van der Waals surface area contributed by atoms with Gasteiger partial charge in [-0.05, 0) is 73.9 Å². The summed E-state index contributed by atoms with van der Waals surface area (Å²) in [5.74, 6) is 0.578. The zero-order chi connectivity index (χ0) is 22.4. The Bertz CT molecular complexity index is 772. The number of hydrogen-bond acceptors (Lipinski definition) is 5. The van der Waals surface area contributed by atoms with Crippen molar-refractivity contribution in [2.45, 2.75) is 85.2 Å². The van der Waals surface area contributed by atoms with Gasteiger partial charge in [-0.3, -0.25) is 0 Å². The second-order valence-electron chi connectivity index (χ2n) is 9.48. The highest BCUT2D eigenvalue weighted by molar-refractivity contribution is 6.64. The molecule has 1 heterocycles. The predicted octanol–water partition coefficient (Wildman–Crippen LogP) is 4.54. The summed E-state index contributed by atoms with van der Waals surface area (Å²) in [5, 5.41) is 3.39. The number of carbonyl (C=O) groups excluding carboxylic acids is 1. The Labute approximate surface area is 179 Å². The summed E-state index contributed by atoms with van der Waals surface area (Å²) in [5.41, 5.74) is 0.670. The summed E-state index contributed by atoms with van der Waals surface area (Å²) in [6.45, 7) is 17.2. The third-order valence-electron chi connectivity index (χ3n) is 5.44. The van der Waals surface area contributed by atoms with Crippen molar-refractivity contribution in [3.05, 3.63) is 22.2 Å². The van der Waals surface area contributed by atoms with Gasteiger partial charge in [-0.15, -0.1) is 0 Å². The van der Waals surface area contributed by atoms with Crippen molar-refractivity contribution in [2.75, 3.05) is 7.11 Å². The van der Waals surface area contributed by atoms with Gasteiger partial charge in [0.2, 0.25) is 0 Å². The Morgan fingerprint density at radius 3 is 2.17 bits per heavy atom. The molecule has 6 nitrogen and oxygen atoms in total. The number of alkyl carbamates (subject to hydrolysis) is 1. The van der Waals surface area contributed by atoms with Crippen LogP contribution in [0.3, 0.4) is 0 Å². The average Bonchev–Trinajstić information content (AvgIpc) is 2.74. The second-order valence-corrected chi connectivity index (χ2v) is 9.88. The standard InChI is InChI=1S/C21H33BClNO5/c1-12-15(23)11-14(13(2)24-18(25)27-19(3,4)5)17(26-10)16(12)22-28-20(6,7)21(8,9)29-22/h11,13H,1-10H3,(H,24,25). The summed E-state index contributed by atoms with van der Waals surface area (Å²) < 4.78 is 23.6. The first-order valence-corrected chi connectivity index (χ1v) is 10.2. The molecule has 1 aliphatic rings. The van der Waals surface area contributed by atoms with Gasteiger partial charge in [0.1, 0.15) is 11.4 Å². The molecule has 0 aromatic heterocycles. The van der Waals surface area contributed by atoms with Crippen molar-refractivity contribution in [3.63, 3.8) is 0 Å². The van der Waals surface area contributed by atoms with Crippen molar-refractivity contribution in [1.29, 1.82) is 0 Å². The normalized spacial score (nSPS) is 19.1. The van der Waals surface area contributed by atoms with Gasteiger partial charge in [0, 0.05) is 16.0 Å². The highest BCUT2D eigenvalue weighted by Gasteiger charge is 2.53. The number of rotatable bonds is 4. The molecule has 1 aromatic rings. The van der Waals surface area contributed by atoms with Crippen LogP contribution in [0.4, 0.5) is 4.79 Å². The maximum absolute atomic E-state index is 12.2. The fraction of sp³-hybridized carbons (Fsp3) is 0.667. The molecule has 1 N–H and O–H groups in total. The summed E-state index contributed by atoms with van der Waals surface area (Å²) in [6.07, 6.45) is -0.513. The molecule has 1 amide bonds. The van der Waals surface area contributed by atoms with Crippen molar-refractivity contribution >= 4 is 30.3 Å². The van der Waals surface area contributed by atoms with Gasteiger partial charge in [0.05, 0.1) is 24.4 Å². The lowest BCUT2D eigenvalue weighted by atomic mass is 9.74. The van der Waals surface area contributed by atoms with Crippen LogP contribution < -0.4 is 15.5 Å². The molecule has 0 saturated carbocycles. The van der Waals surface area contributed by atoms with Crippen LogP contribution in [0, 0.1) is 6.92 Å². The van der Waals surface area contributed by atoms with Crippen LogP contribution in [0.2, 0.25) is 5.02 Å². The van der Waals surface area contributed by atoms with Gasteiger partial charge in [0.25, 0.3) is 0 Å². The fourth-order valence-corrected chi connectivity index (χ4v) is 3.34. The largest absolute Gasteiger partial charge is 0.499 e. The number of amides is 1. The SMILES string of the molecule is COc1c(C(C)NC(=O)OC(C)(C)C)cc(Cl)c(C)c1B1OC(C)(C)C(C)(C)O1. The molecule has 8 heteroatoms. The molecule has 29 heavy (non-hydrogen) atoms. The van der Waals surface area contributed by atoms with Crippen LogP contribution >= 0.6 is 11.6 Å². The Balaban J connectivity index is 2.45. The quantitative estimate of drug-likeness (QED) is 0.717. The molecule has 2 rings (SSSR count). The van der Waals surface area contributed by atoms with Gasteiger partial charge in [0.15, 0.2) is 0 Å². The van der Waals surface area contributed by atoms with Crippen LogP contribution in [0.15, 0.2) is 6.07 Å². The zero-order valence-electron chi connectivity index (χ0n) is 19.2. The number of carbonyl (C=O) groups is 1. The van der Waals surface area contributed by atoms with E-state index in [2.05, 4.69) is 5.32 Å². The minimum atomic E-state index is -0.638. The molecule has 0 aliphatic carbocycles. The van der Waals surface area contributed by atoms with Crippen LogP contribution in [-0.2, 0) is 14.0 Å². The molecular formula is C21H33BClNO5. The van der Waals surface area contributed by atoms with Crippen molar-refractivity contribution < 1.29 is 23.6 Å². The summed E-state index contributed by atoms with van der Waals surface area (Å²) in [7, 11) is 0.947. The van der Waals surface area contributed by atoms with E-state index in [1.165, 1.54) is 0 Å². The van der Waals surface area contributed by atoms with Crippen molar-refractivity contribution in [3.8, 4) is 5.75 Å². The first kappa shape index (κ1) is 23.8. The number of halogens is 1. The third kappa shape index (κ3) is 5.01. The van der Waals surface area contributed by atoms with Gasteiger partial charge < -0.3 is 24.1 Å². The van der Waals surface area contributed by atoms with Crippen LogP contribution in [0.1, 0.15) is 72.6 Å². The number of nitrogens with one attached hydrogen (secondary N) is 1. The number of hydrogen-bond donors (Lipinski definition) is 1. The van der Waals surface area contributed by atoms with Crippen LogP contribution in [0.5, 0.6) is 5.75 Å². The topological polar surface area (TPSA) is 66.0 Å². The molecule has 1 aromatic carbocycles. The van der Waals surface area contributed by atoms with E-state index >= 15 is 0 Å². The first-order chi connectivity index (χ1) is 13.1. The van der Waals surface area contributed by atoms with E-state index in [1.54, 1.807) is 13.2 Å². The Hall–Kier alpha value is -1.44. The minimum absolute atomic E-state index is 0.404. The van der Waals surface area contributed by atoms with Crippen molar-refractivity contribution in [2.24, 2.45) is 0 Å². The summed E-state index contributed by atoms with van der Waals surface area (Å²) >= 11 is 6.54. The van der Waals surface area contributed by atoms with Crippen LogP contribution in [0.25, 0.3) is 0 Å². The van der Waals surface area contributed by atoms with E-state index in [4.69, 9.17) is 30.4 Å². The summed E-state index contributed by atoms with van der Waals surface area (Å²) in [4.78, 5) is 12.2. The summed E-state index contributed by atoms with van der Waals surface area (Å²) in [6, 6.07) is 1.39. The first-order valence-electron chi connectivity index (χ1n) is 9.81. The van der Waals surface area contributed by atoms with Crippen molar-refractivity contribution in [1.82, 2.24) is 5.32 Å². The highest BCUT2D eigenvalue weighted by Crippen LogP contribution is 2.39. The molecule has 1 saturated heterocycles. The minimum Gasteiger partial charge on any atom is -0.497 e. The molecule has 0 bridgehead atoms. The lowest BCUT2D eigenvalue weighted by Crippen LogP contribution is -2.41. The maximum Gasteiger partial charge on any atom is 0.499 e. The lowest BCUT2D eigenvalue weighted by molar-refractivity contribution is 0.00578. The smallest absolute Gasteiger partial charge is 0.497 e. The van der Waals surface area contributed by atoms with E-state index in [1.807, 2.05) is 62.3 Å². The second kappa shape index (κ2) is 8.01. The van der Waals surface area contributed by atoms with Crippen LogP contribution in [-0.4, -0.2) is 37.1 Å². The van der Waals surface area contributed by atoms with Gasteiger partial charge in [-0.25, -0.2) is 4.79 Å². The lowest BCUT2D eigenvalue weighted by Gasteiger charge is -2.32. The van der Waals surface area contributed by atoms with Gasteiger partial charge in [-0.1, -0.05) is 11.6 Å². The molecule has 1 unspecified atom stereocenters. The molecular weight excluding hydrogens is 392 g/mol. The van der Waals surface area contributed by atoms with E-state index in [0.29, 0.717) is 10.8 Å². The van der Waals surface area contributed by atoms with Gasteiger partial charge in [-0.2, -0.15) is 0 Å². The van der Waals surface area contributed by atoms with E-state index in [9.17, 15) is 4.79 Å². The fourth-order valence-electron chi connectivity index (χ4n) is 3.12. The van der Waals surface area contributed by atoms with Gasteiger partial charge >= 0.3 is 13.2 Å². The maximum atomic E-state index is 12.2. The number of ether oxygens (including phenoxy) is 2. The Kier molecular flexibility index (Phi) is 6.58. The number of benzene rings is 1. The third-order valence-corrected chi connectivity index (χ3v) is 5.84. The molecule has 0 radical (unpaired) electrons. The monoisotopic (exact) mass is 425 g/mol. The molecule has 1 fully saturated rings. The van der Waals surface area contributed by atoms with E-state index < -0.39 is 36.1 Å². The molecule has 1 aliphatic heterocycles.